The van der Waals surface area contributed by atoms with E-state index in [0.717, 1.165) is 4.90 Å². The lowest BCUT2D eigenvalue weighted by atomic mass is 10.1. The number of Topliss-reactive ketones (excluding diaryl/α,β-unsaturated/α-hetero) is 1. The highest BCUT2D eigenvalue weighted by Crippen LogP contribution is 2.17. The molecule has 2 rings (SSSR count). The van der Waals surface area contributed by atoms with Gasteiger partial charge in [-0.2, -0.15) is 0 Å². The van der Waals surface area contributed by atoms with E-state index in [-0.39, 0.29) is 24.1 Å². The van der Waals surface area contributed by atoms with Crippen molar-refractivity contribution in [1.29, 1.82) is 0 Å². The van der Waals surface area contributed by atoms with Crippen LogP contribution in [0.25, 0.3) is 0 Å². The molecule has 0 unspecified atom stereocenters. The Hall–Kier alpha value is -2.60. The predicted molar refractivity (Wildman–Crippen MR) is 93.2 cm³/mol. The van der Waals surface area contributed by atoms with Gasteiger partial charge in [0.05, 0.1) is 5.75 Å². The molecule has 2 aromatic rings. The quantitative estimate of drug-likeness (QED) is 0.475. The molecule has 0 aromatic heterocycles. The van der Waals surface area contributed by atoms with Gasteiger partial charge in [-0.25, -0.2) is 0 Å². The van der Waals surface area contributed by atoms with Crippen LogP contribution in [-0.4, -0.2) is 30.0 Å². The average Bonchev–Trinajstić information content (AvgIpc) is 2.59. The number of amides is 1. The van der Waals surface area contributed by atoms with E-state index in [9.17, 15) is 14.4 Å². The maximum Gasteiger partial charge on any atom is 0.316 e. The summed E-state index contributed by atoms with van der Waals surface area (Å²) in [4.78, 5) is 35.6. The van der Waals surface area contributed by atoms with Crippen molar-refractivity contribution in [3.63, 3.8) is 0 Å². The van der Waals surface area contributed by atoms with E-state index in [2.05, 4.69) is 5.32 Å². The fourth-order valence-corrected chi connectivity index (χ4v) is 2.59. The van der Waals surface area contributed by atoms with Gasteiger partial charge < -0.3 is 10.1 Å². The summed E-state index contributed by atoms with van der Waals surface area (Å²) >= 11 is 1.36. The van der Waals surface area contributed by atoms with E-state index in [1.807, 2.05) is 30.3 Å². The maximum absolute atomic E-state index is 12.0. The summed E-state index contributed by atoms with van der Waals surface area (Å²) in [5.74, 6) is -0.757. The average molecular weight is 343 g/mol. The minimum atomic E-state index is -0.438. The Morgan fingerprint density at radius 1 is 1.00 bits per heavy atom. The summed E-state index contributed by atoms with van der Waals surface area (Å²) in [6.45, 7) is 1.11. The largest absolute Gasteiger partial charge is 0.457 e. The van der Waals surface area contributed by atoms with Gasteiger partial charge in [-0.1, -0.05) is 18.2 Å². The van der Waals surface area contributed by atoms with Gasteiger partial charge in [-0.3, -0.25) is 14.4 Å². The molecular formula is C18H17NO4S. The highest BCUT2D eigenvalue weighted by molar-refractivity contribution is 8.00. The molecule has 1 amide bonds. The third-order valence-corrected chi connectivity index (χ3v) is 3.98. The number of ketones is 1. The summed E-state index contributed by atoms with van der Waals surface area (Å²) in [5.41, 5.74) is 1.03. The van der Waals surface area contributed by atoms with Crippen molar-refractivity contribution in [1.82, 2.24) is 0 Å². The first-order valence-electron chi connectivity index (χ1n) is 7.29. The van der Waals surface area contributed by atoms with Crippen molar-refractivity contribution in [2.45, 2.75) is 11.8 Å². The van der Waals surface area contributed by atoms with Gasteiger partial charge in [0.2, 0.25) is 5.91 Å². The van der Waals surface area contributed by atoms with Gasteiger partial charge in [-0.05, 0) is 36.4 Å². The van der Waals surface area contributed by atoms with Gasteiger partial charge in [0.1, 0.15) is 0 Å². The molecule has 0 saturated carbocycles. The molecule has 0 saturated heterocycles. The molecule has 6 heteroatoms. The number of rotatable bonds is 7. The van der Waals surface area contributed by atoms with Crippen molar-refractivity contribution in [3.05, 3.63) is 60.2 Å². The molecule has 0 atom stereocenters. The lowest BCUT2D eigenvalue weighted by Crippen LogP contribution is -2.15. The summed E-state index contributed by atoms with van der Waals surface area (Å²) in [5, 5.41) is 2.62. The van der Waals surface area contributed by atoms with E-state index < -0.39 is 5.97 Å². The van der Waals surface area contributed by atoms with Crippen molar-refractivity contribution >= 4 is 35.1 Å². The number of carbonyl (C=O) groups is 3. The topological polar surface area (TPSA) is 72.5 Å². The number of benzene rings is 2. The maximum atomic E-state index is 12.0. The zero-order valence-electron chi connectivity index (χ0n) is 13.2. The molecule has 0 aliphatic carbocycles. The standard InChI is InChI=1S/C18H17NO4S/c1-13(20)19-15-9-7-14(8-10-15)17(21)11-23-18(22)12-24-16-5-3-2-4-6-16/h2-10H,11-12H2,1H3,(H,19,20). The van der Waals surface area contributed by atoms with E-state index >= 15 is 0 Å². The number of anilines is 1. The number of esters is 1. The van der Waals surface area contributed by atoms with Gasteiger partial charge in [0, 0.05) is 23.1 Å². The first-order valence-corrected chi connectivity index (χ1v) is 8.27. The fraction of sp³-hybridized carbons (Fsp3) is 0.167. The number of hydrogen-bond donors (Lipinski definition) is 1. The molecule has 124 valence electrons. The molecule has 2 aromatic carbocycles. The second-order valence-electron chi connectivity index (χ2n) is 4.94. The van der Waals surface area contributed by atoms with E-state index in [1.165, 1.54) is 18.7 Å². The molecular weight excluding hydrogens is 326 g/mol. The van der Waals surface area contributed by atoms with E-state index in [0.29, 0.717) is 11.3 Å². The van der Waals surface area contributed by atoms with Gasteiger partial charge in [0.25, 0.3) is 0 Å². The molecule has 0 fully saturated rings. The van der Waals surface area contributed by atoms with Gasteiger partial charge >= 0.3 is 5.97 Å². The van der Waals surface area contributed by atoms with Gasteiger partial charge in [-0.15, -0.1) is 11.8 Å². The van der Waals surface area contributed by atoms with Crippen LogP contribution < -0.4 is 5.32 Å². The number of ether oxygens (including phenoxy) is 1. The first kappa shape index (κ1) is 17.7. The predicted octanol–water partition coefficient (Wildman–Crippen LogP) is 3.16. The van der Waals surface area contributed by atoms with Crippen LogP contribution in [0, 0.1) is 0 Å². The SMILES string of the molecule is CC(=O)Nc1ccc(C(=O)COC(=O)CSc2ccccc2)cc1. The lowest BCUT2D eigenvalue weighted by Gasteiger charge is -2.06. The summed E-state index contributed by atoms with van der Waals surface area (Å²) in [7, 11) is 0. The number of nitrogens with one attached hydrogen (secondary N) is 1. The van der Waals surface area contributed by atoms with Crippen LogP contribution in [0.1, 0.15) is 17.3 Å². The van der Waals surface area contributed by atoms with Crippen LogP contribution in [0.4, 0.5) is 5.69 Å². The molecule has 0 bridgehead atoms. The Kier molecular flexibility index (Phi) is 6.57. The third kappa shape index (κ3) is 5.89. The summed E-state index contributed by atoms with van der Waals surface area (Å²) < 4.78 is 5.00. The zero-order valence-corrected chi connectivity index (χ0v) is 14.0. The van der Waals surface area contributed by atoms with Crippen LogP contribution in [0.5, 0.6) is 0 Å². The van der Waals surface area contributed by atoms with E-state index in [1.54, 1.807) is 24.3 Å². The second kappa shape index (κ2) is 8.88. The molecule has 0 heterocycles. The van der Waals surface area contributed by atoms with Crippen molar-refractivity contribution in [3.8, 4) is 0 Å². The Bertz CT molecular complexity index is 714. The lowest BCUT2D eigenvalue weighted by molar-refractivity contribution is -0.139. The van der Waals surface area contributed by atoms with Crippen LogP contribution in [-0.2, 0) is 14.3 Å². The van der Waals surface area contributed by atoms with Crippen LogP contribution in [0.15, 0.2) is 59.5 Å². The van der Waals surface area contributed by atoms with Crippen molar-refractivity contribution in [2.75, 3.05) is 17.7 Å². The number of hydrogen-bond acceptors (Lipinski definition) is 5. The Labute approximate surface area is 144 Å². The molecule has 1 N–H and O–H groups in total. The molecule has 0 aliphatic heterocycles. The molecule has 0 spiro atoms. The monoisotopic (exact) mass is 343 g/mol. The minimum Gasteiger partial charge on any atom is -0.457 e. The normalized spacial score (nSPS) is 10.0. The van der Waals surface area contributed by atoms with Crippen LogP contribution >= 0.6 is 11.8 Å². The van der Waals surface area contributed by atoms with Crippen molar-refractivity contribution < 1.29 is 19.1 Å². The first-order chi connectivity index (χ1) is 11.5. The zero-order chi connectivity index (χ0) is 17.4. The third-order valence-electron chi connectivity index (χ3n) is 2.99. The molecule has 5 nitrogen and oxygen atoms in total. The van der Waals surface area contributed by atoms with Crippen LogP contribution in [0.2, 0.25) is 0 Å². The van der Waals surface area contributed by atoms with Crippen LogP contribution in [0.3, 0.4) is 0 Å². The van der Waals surface area contributed by atoms with Gasteiger partial charge in [0.15, 0.2) is 12.4 Å². The molecule has 0 radical (unpaired) electrons. The highest BCUT2D eigenvalue weighted by Gasteiger charge is 2.10. The summed E-state index contributed by atoms with van der Waals surface area (Å²) in [6, 6.07) is 15.9. The second-order valence-corrected chi connectivity index (χ2v) is 5.99. The number of carbonyl (C=O) groups excluding carboxylic acids is 3. The van der Waals surface area contributed by atoms with E-state index in [4.69, 9.17) is 4.74 Å². The highest BCUT2D eigenvalue weighted by atomic mass is 32.2. The smallest absolute Gasteiger partial charge is 0.316 e. The van der Waals surface area contributed by atoms with Crippen molar-refractivity contribution in [2.24, 2.45) is 0 Å². The number of thioether (sulfide) groups is 1. The fourth-order valence-electron chi connectivity index (χ4n) is 1.87. The molecule has 24 heavy (non-hydrogen) atoms. The Morgan fingerprint density at radius 2 is 1.67 bits per heavy atom. The Morgan fingerprint density at radius 3 is 2.29 bits per heavy atom. The Balaban J connectivity index is 1.77. The summed E-state index contributed by atoms with van der Waals surface area (Å²) in [6.07, 6.45) is 0. The molecule has 0 aliphatic rings. The minimum absolute atomic E-state index is 0.152.